The van der Waals surface area contributed by atoms with Crippen LogP contribution >= 0.6 is 0 Å². The molecule has 1 aliphatic rings. The third kappa shape index (κ3) is 4.40. The number of methoxy groups -OCH3 is 1. The number of hydrogen-bond acceptors (Lipinski definition) is 4. The zero-order valence-electron chi connectivity index (χ0n) is 16.6. The van der Waals surface area contributed by atoms with Crippen LogP contribution in [0.2, 0.25) is 0 Å². The maximum atomic E-state index is 13.0. The summed E-state index contributed by atoms with van der Waals surface area (Å²) >= 11 is 0. The van der Waals surface area contributed by atoms with Gasteiger partial charge in [-0.3, -0.25) is 4.79 Å². The molecule has 1 amide bonds. The highest BCUT2D eigenvalue weighted by molar-refractivity contribution is 6.05. The lowest BCUT2D eigenvalue weighted by Crippen LogP contribution is -2.35. The maximum absolute atomic E-state index is 13.0. The van der Waals surface area contributed by atoms with Crippen molar-refractivity contribution in [1.29, 1.82) is 0 Å². The van der Waals surface area contributed by atoms with Gasteiger partial charge in [-0.25, -0.2) is 4.98 Å². The summed E-state index contributed by atoms with van der Waals surface area (Å²) in [6, 6.07) is 19.9. The summed E-state index contributed by atoms with van der Waals surface area (Å²) in [6.45, 7) is 1.53. The first-order valence-corrected chi connectivity index (χ1v) is 9.97. The Kier molecular flexibility index (Phi) is 5.75. The molecule has 4 rings (SSSR count). The Morgan fingerprint density at radius 1 is 1.10 bits per heavy atom. The highest BCUT2D eigenvalue weighted by Gasteiger charge is 2.23. The number of nitrogens with one attached hydrogen (secondary N) is 1. The van der Waals surface area contributed by atoms with Crippen LogP contribution in [0.25, 0.3) is 0 Å². The van der Waals surface area contributed by atoms with Gasteiger partial charge in [-0.05, 0) is 60.7 Å². The number of amides is 1. The van der Waals surface area contributed by atoms with E-state index in [1.54, 1.807) is 19.4 Å². The number of rotatable bonds is 6. The summed E-state index contributed by atoms with van der Waals surface area (Å²) in [7, 11) is 1.67. The van der Waals surface area contributed by atoms with Crippen LogP contribution in [0.3, 0.4) is 0 Å². The molecule has 5 heteroatoms. The van der Waals surface area contributed by atoms with Crippen molar-refractivity contribution in [3.05, 3.63) is 83.7 Å². The fourth-order valence-electron chi connectivity index (χ4n) is 3.65. The highest BCUT2D eigenvalue weighted by Crippen LogP contribution is 2.27. The van der Waals surface area contributed by atoms with E-state index in [-0.39, 0.29) is 5.91 Å². The quantitative estimate of drug-likeness (QED) is 0.684. The summed E-state index contributed by atoms with van der Waals surface area (Å²) in [5.74, 6) is 0.824. The van der Waals surface area contributed by atoms with Gasteiger partial charge < -0.3 is 15.0 Å². The van der Waals surface area contributed by atoms with Crippen molar-refractivity contribution in [2.45, 2.75) is 19.3 Å². The second-order valence-corrected chi connectivity index (χ2v) is 7.15. The van der Waals surface area contributed by atoms with Gasteiger partial charge in [0.25, 0.3) is 5.91 Å². The van der Waals surface area contributed by atoms with Crippen LogP contribution in [0.5, 0.6) is 5.75 Å². The van der Waals surface area contributed by atoms with E-state index in [0.29, 0.717) is 5.69 Å². The van der Waals surface area contributed by atoms with Crippen LogP contribution < -0.4 is 15.0 Å². The number of aromatic nitrogens is 1. The number of hydrogen-bond donors (Lipinski definition) is 1. The van der Waals surface area contributed by atoms with Crippen LogP contribution in [0, 0.1) is 0 Å². The second-order valence-electron chi connectivity index (χ2n) is 7.15. The molecule has 1 N–H and O–H groups in total. The number of fused-ring (bicyclic) bond motifs is 1. The minimum atomic E-state index is -0.0399. The zero-order chi connectivity index (χ0) is 20.1. The summed E-state index contributed by atoms with van der Waals surface area (Å²) in [6.07, 6.45) is 4.63. The number of para-hydroxylation sites is 1. The predicted octanol–water partition coefficient (Wildman–Crippen LogP) is 4.34. The molecule has 2 heterocycles. The van der Waals surface area contributed by atoms with Crippen molar-refractivity contribution < 1.29 is 9.53 Å². The SMILES string of the molecule is COc1ccc(CCNc2ccc(C(=O)N3CCCc4ccccc43)nc2)cc1. The first-order valence-electron chi connectivity index (χ1n) is 9.97. The van der Waals surface area contributed by atoms with Gasteiger partial charge in [-0.2, -0.15) is 0 Å². The van der Waals surface area contributed by atoms with Crippen LogP contribution in [0.1, 0.15) is 28.0 Å². The fraction of sp³-hybridized carbons (Fsp3) is 0.250. The Morgan fingerprint density at radius 3 is 2.69 bits per heavy atom. The highest BCUT2D eigenvalue weighted by atomic mass is 16.5. The van der Waals surface area contributed by atoms with E-state index < -0.39 is 0 Å². The Morgan fingerprint density at radius 2 is 1.93 bits per heavy atom. The predicted molar refractivity (Wildman–Crippen MR) is 116 cm³/mol. The number of benzene rings is 2. The molecule has 5 nitrogen and oxygen atoms in total. The molecule has 29 heavy (non-hydrogen) atoms. The molecule has 0 aliphatic carbocycles. The van der Waals surface area contributed by atoms with Gasteiger partial charge in [-0.1, -0.05) is 30.3 Å². The Balaban J connectivity index is 1.36. The van der Waals surface area contributed by atoms with E-state index in [1.165, 1.54) is 11.1 Å². The van der Waals surface area contributed by atoms with E-state index in [9.17, 15) is 4.79 Å². The first-order chi connectivity index (χ1) is 14.2. The largest absolute Gasteiger partial charge is 0.497 e. The molecule has 0 spiro atoms. The Hall–Kier alpha value is -3.34. The van der Waals surface area contributed by atoms with Crippen molar-refractivity contribution in [1.82, 2.24) is 4.98 Å². The molecule has 0 saturated heterocycles. The smallest absolute Gasteiger partial charge is 0.276 e. The third-order valence-corrected chi connectivity index (χ3v) is 5.24. The summed E-state index contributed by atoms with van der Waals surface area (Å²) in [4.78, 5) is 19.2. The monoisotopic (exact) mass is 387 g/mol. The molecule has 0 radical (unpaired) electrons. The molecule has 148 valence electrons. The minimum absolute atomic E-state index is 0.0399. The van der Waals surface area contributed by atoms with E-state index >= 15 is 0 Å². The third-order valence-electron chi connectivity index (χ3n) is 5.24. The van der Waals surface area contributed by atoms with E-state index in [1.807, 2.05) is 41.3 Å². The van der Waals surface area contributed by atoms with Crippen molar-refractivity contribution in [3.63, 3.8) is 0 Å². The maximum Gasteiger partial charge on any atom is 0.276 e. The number of carbonyl (C=O) groups is 1. The van der Waals surface area contributed by atoms with Gasteiger partial charge in [0, 0.05) is 18.8 Å². The van der Waals surface area contributed by atoms with Crippen LogP contribution in [0.4, 0.5) is 11.4 Å². The van der Waals surface area contributed by atoms with Gasteiger partial charge in [0.15, 0.2) is 0 Å². The van der Waals surface area contributed by atoms with E-state index in [4.69, 9.17) is 4.74 Å². The topological polar surface area (TPSA) is 54.5 Å². The van der Waals surface area contributed by atoms with Gasteiger partial charge in [-0.15, -0.1) is 0 Å². The Bertz CT molecular complexity index is 968. The molecule has 2 aromatic carbocycles. The van der Waals surface area contributed by atoms with Gasteiger partial charge >= 0.3 is 0 Å². The lowest BCUT2D eigenvalue weighted by Gasteiger charge is -2.29. The second kappa shape index (κ2) is 8.78. The summed E-state index contributed by atoms with van der Waals surface area (Å²) in [5.41, 5.74) is 4.86. The number of aryl methyl sites for hydroxylation is 1. The average molecular weight is 387 g/mol. The van der Waals surface area contributed by atoms with Crippen molar-refractivity contribution >= 4 is 17.3 Å². The van der Waals surface area contributed by atoms with Crippen molar-refractivity contribution in [2.75, 3.05) is 30.4 Å². The normalized spacial score (nSPS) is 12.9. The molecule has 0 saturated carbocycles. The van der Waals surface area contributed by atoms with Crippen LogP contribution in [-0.2, 0) is 12.8 Å². The van der Waals surface area contributed by atoms with Crippen LogP contribution in [-0.4, -0.2) is 31.1 Å². The lowest BCUT2D eigenvalue weighted by molar-refractivity contribution is 0.0980. The minimum Gasteiger partial charge on any atom is -0.497 e. The standard InChI is InChI=1S/C24H25N3O2/c1-29-21-11-8-18(9-12-21)14-15-25-20-10-13-22(26-17-20)24(28)27-16-4-6-19-5-2-3-7-23(19)27/h2-3,5,7-13,17,25H,4,6,14-16H2,1H3. The van der Waals surface area contributed by atoms with E-state index in [0.717, 1.165) is 49.5 Å². The number of anilines is 2. The Labute approximate surface area is 171 Å². The van der Waals surface area contributed by atoms with Crippen LogP contribution in [0.15, 0.2) is 66.9 Å². The summed E-state index contributed by atoms with van der Waals surface area (Å²) in [5, 5.41) is 3.36. The van der Waals surface area contributed by atoms with E-state index in [2.05, 4.69) is 28.5 Å². The molecule has 3 aromatic rings. The molecule has 0 atom stereocenters. The fourth-order valence-corrected chi connectivity index (χ4v) is 3.65. The molecule has 0 unspecified atom stereocenters. The molecular formula is C24H25N3O2. The molecule has 1 aromatic heterocycles. The molecule has 0 bridgehead atoms. The average Bonchev–Trinajstić information content (AvgIpc) is 2.79. The molecule has 1 aliphatic heterocycles. The van der Waals surface area contributed by atoms with Gasteiger partial charge in [0.05, 0.1) is 19.0 Å². The van der Waals surface area contributed by atoms with Gasteiger partial charge in [0.2, 0.25) is 0 Å². The molecule has 0 fully saturated rings. The van der Waals surface area contributed by atoms with Gasteiger partial charge in [0.1, 0.15) is 11.4 Å². The number of carbonyl (C=O) groups excluding carboxylic acids is 1. The zero-order valence-corrected chi connectivity index (χ0v) is 16.6. The number of ether oxygens (including phenoxy) is 1. The summed E-state index contributed by atoms with van der Waals surface area (Å²) < 4.78 is 5.18. The van der Waals surface area contributed by atoms with Crippen molar-refractivity contribution in [2.24, 2.45) is 0 Å². The first kappa shape index (κ1) is 19.0. The number of pyridine rings is 1. The lowest BCUT2D eigenvalue weighted by atomic mass is 10.0. The number of nitrogens with zero attached hydrogens (tertiary/aromatic N) is 2. The van der Waals surface area contributed by atoms with Crippen molar-refractivity contribution in [3.8, 4) is 5.75 Å². The molecular weight excluding hydrogens is 362 g/mol.